The molecular formula is C20H6Cl6I2O5. The minimum absolute atomic E-state index is 0.00562. The number of hydrogen-bond donors (Lipinski definition) is 3. The van der Waals surface area contributed by atoms with Gasteiger partial charge in [-0.2, -0.15) is 0 Å². The highest BCUT2D eigenvalue weighted by molar-refractivity contribution is 14.1. The van der Waals surface area contributed by atoms with Gasteiger partial charge in [0.1, 0.15) is 10.8 Å². The Balaban J connectivity index is 2.24. The van der Waals surface area contributed by atoms with Gasteiger partial charge in [0.15, 0.2) is 17.2 Å². The standard InChI is InChI=1S/C20H6Cl6I2O5/c21-5-1-3-7(8-9(20(31)32)11(23)13(25)12(24)10(8)22)4-2-6(27)17(30)14(26)18(4)33-19(3)15(28)16(5)29/h1-2,7,29-30H,(H,31,32). The highest BCUT2D eigenvalue weighted by Crippen LogP contribution is 2.58. The van der Waals surface area contributed by atoms with Crippen LogP contribution in [0.3, 0.4) is 0 Å². The molecule has 0 amide bonds. The van der Waals surface area contributed by atoms with Crippen LogP contribution in [0.1, 0.15) is 33.0 Å². The molecule has 0 bridgehead atoms. The van der Waals surface area contributed by atoms with E-state index < -0.39 is 11.9 Å². The van der Waals surface area contributed by atoms with Crippen molar-refractivity contribution in [3.8, 4) is 23.0 Å². The van der Waals surface area contributed by atoms with Gasteiger partial charge < -0.3 is 20.1 Å². The zero-order chi connectivity index (χ0) is 24.5. The van der Waals surface area contributed by atoms with Gasteiger partial charge in [0.25, 0.3) is 0 Å². The SMILES string of the molecule is O=C(O)c1c(Cl)c(Cl)c(Cl)c(Cl)c1C1c2cc(I)c(O)c(Cl)c2Oc2c1cc(Cl)c(O)c2I. The van der Waals surface area contributed by atoms with Crippen molar-refractivity contribution in [1.82, 2.24) is 0 Å². The maximum atomic E-state index is 12.3. The number of phenolic OH excluding ortho intramolecular Hbond substituents is 2. The van der Waals surface area contributed by atoms with E-state index in [9.17, 15) is 20.1 Å². The summed E-state index contributed by atoms with van der Waals surface area (Å²) in [6.07, 6.45) is 0. The predicted molar refractivity (Wildman–Crippen MR) is 146 cm³/mol. The smallest absolute Gasteiger partial charge is 0.337 e. The number of carbonyl (C=O) groups is 1. The second kappa shape index (κ2) is 9.31. The van der Waals surface area contributed by atoms with Gasteiger partial charge in [0.2, 0.25) is 0 Å². The second-order valence-corrected chi connectivity index (χ2v) is 11.3. The van der Waals surface area contributed by atoms with E-state index in [-0.39, 0.29) is 67.8 Å². The van der Waals surface area contributed by atoms with Gasteiger partial charge in [-0.15, -0.1) is 0 Å². The Morgan fingerprint density at radius 1 is 0.818 bits per heavy atom. The molecule has 5 nitrogen and oxygen atoms in total. The van der Waals surface area contributed by atoms with Crippen LogP contribution in [-0.4, -0.2) is 21.3 Å². The number of ether oxygens (including phenoxy) is 1. The molecule has 0 fully saturated rings. The molecular weight excluding hydrogens is 787 g/mol. The Hall–Kier alpha value is -0.270. The van der Waals surface area contributed by atoms with Crippen LogP contribution >= 0.6 is 115 Å². The number of aromatic hydroxyl groups is 2. The summed E-state index contributed by atoms with van der Waals surface area (Å²) in [5.41, 5.74) is 0.375. The molecule has 3 N–H and O–H groups in total. The molecule has 172 valence electrons. The first-order chi connectivity index (χ1) is 15.4. The Morgan fingerprint density at radius 2 is 1.39 bits per heavy atom. The van der Waals surface area contributed by atoms with Gasteiger partial charge in [0.05, 0.1) is 37.8 Å². The zero-order valence-corrected chi connectivity index (χ0v) is 24.3. The lowest BCUT2D eigenvalue weighted by molar-refractivity contribution is 0.0695. The third-order valence-electron chi connectivity index (χ3n) is 4.99. The van der Waals surface area contributed by atoms with E-state index in [0.717, 1.165) is 0 Å². The molecule has 0 radical (unpaired) electrons. The van der Waals surface area contributed by atoms with Crippen molar-refractivity contribution < 1.29 is 24.9 Å². The molecule has 0 aliphatic carbocycles. The van der Waals surface area contributed by atoms with Crippen molar-refractivity contribution in [3.05, 3.63) is 71.7 Å². The van der Waals surface area contributed by atoms with Crippen LogP contribution < -0.4 is 4.74 Å². The first kappa shape index (κ1) is 25.8. The maximum Gasteiger partial charge on any atom is 0.337 e. The molecule has 0 saturated heterocycles. The lowest BCUT2D eigenvalue weighted by atomic mass is 9.80. The van der Waals surface area contributed by atoms with Gasteiger partial charge in [-0.3, -0.25) is 0 Å². The van der Waals surface area contributed by atoms with Crippen molar-refractivity contribution >= 4 is 121 Å². The molecule has 1 unspecified atom stereocenters. The zero-order valence-electron chi connectivity index (χ0n) is 15.4. The largest absolute Gasteiger partial charge is 0.505 e. The van der Waals surface area contributed by atoms with Crippen molar-refractivity contribution in [1.29, 1.82) is 0 Å². The van der Waals surface area contributed by atoms with Crippen LogP contribution in [0.5, 0.6) is 23.0 Å². The summed E-state index contributed by atoms with van der Waals surface area (Å²) in [5.74, 6) is -2.66. The third kappa shape index (κ3) is 4.00. The summed E-state index contributed by atoms with van der Waals surface area (Å²) in [6.45, 7) is 0. The lowest BCUT2D eigenvalue weighted by Gasteiger charge is -2.32. The third-order valence-corrected chi connectivity index (χ3v) is 9.27. The summed E-state index contributed by atoms with van der Waals surface area (Å²) in [6, 6.07) is 2.99. The average molecular weight is 793 g/mol. The van der Waals surface area contributed by atoms with Crippen LogP contribution in [-0.2, 0) is 0 Å². The van der Waals surface area contributed by atoms with Crippen LogP contribution in [0.2, 0.25) is 30.1 Å². The molecule has 0 spiro atoms. The molecule has 3 aromatic rings. The Bertz CT molecular complexity index is 1330. The summed E-state index contributed by atoms with van der Waals surface area (Å²) < 4.78 is 6.59. The average Bonchev–Trinajstić information content (AvgIpc) is 2.76. The summed E-state index contributed by atoms with van der Waals surface area (Å²) in [7, 11) is 0. The lowest BCUT2D eigenvalue weighted by Crippen LogP contribution is -2.18. The molecule has 1 atom stereocenters. The van der Waals surface area contributed by atoms with Crippen LogP contribution in [0, 0.1) is 7.14 Å². The normalized spacial score (nSPS) is 14.5. The number of carboxylic acid groups (broad SMARTS) is 1. The van der Waals surface area contributed by atoms with E-state index in [1.54, 1.807) is 6.07 Å². The van der Waals surface area contributed by atoms with E-state index in [1.807, 2.05) is 45.2 Å². The number of halogens is 8. The van der Waals surface area contributed by atoms with E-state index in [0.29, 0.717) is 14.7 Å². The Morgan fingerprint density at radius 3 is 2.00 bits per heavy atom. The number of phenols is 2. The second-order valence-electron chi connectivity index (χ2n) is 6.76. The number of aromatic carboxylic acids is 1. The summed E-state index contributed by atoms with van der Waals surface area (Å²) >= 11 is 41.6. The van der Waals surface area contributed by atoms with Crippen LogP contribution in [0.25, 0.3) is 0 Å². The van der Waals surface area contributed by atoms with Crippen molar-refractivity contribution in [2.24, 2.45) is 0 Å². The molecule has 1 aliphatic heterocycles. The van der Waals surface area contributed by atoms with Crippen molar-refractivity contribution in [2.45, 2.75) is 5.92 Å². The first-order valence-electron chi connectivity index (χ1n) is 8.57. The quantitative estimate of drug-likeness (QED) is 0.107. The fourth-order valence-electron chi connectivity index (χ4n) is 3.56. The molecule has 0 saturated carbocycles. The monoisotopic (exact) mass is 790 g/mol. The topological polar surface area (TPSA) is 87.0 Å². The Kier molecular flexibility index (Phi) is 7.28. The molecule has 13 heteroatoms. The maximum absolute atomic E-state index is 12.3. The highest BCUT2D eigenvalue weighted by atomic mass is 127. The minimum atomic E-state index is -1.40. The van der Waals surface area contributed by atoms with Crippen molar-refractivity contribution in [3.63, 3.8) is 0 Å². The fraction of sp³-hybridized carbons (Fsp3) is 0.0500. The van der Waals surface area contributed by atoms with E-state index in [1.165, 1.54) is 6.07 Å². The van der Waals surface area contributed by atoms with Gasteiger partial charge in [0, 0.05) is 22.6 Å². The highest BCUT2D eigenvalue weighted by Gasteiger charge is 2.39. The van der Waals surface area contributed by atoms with Gasteiger partial charge in [-0.25, -0.2) is 4.79 Å². The Labute approximate surface area is 243 Å². The molecule has 1 heterocycles. The summed E-state index contributed by atoms with van der Waals surface area (Å²) in [5, 5.41) is 29.8. The van der Waals surface area contributed by atoms with E-state index >= 15 is 0 Å². The van der Waals surface area contributed by atoms with Crippen molar-refractivity contribution in [2.75, 3.05) is 0 Å². The predicted octanol–water partition coefficient (Wildman–Crippen LogP) is 9.21. The molecule has 3 aromatic carbocycles. The van der Waals surface area contributed by atoms with E-state index in [2.05, 4.69) is 0 Å². The van der Waals surface area contributed by atoms with Gasteiger partial charge in [-0.1, -0.05) is 69.6 Å². The molecule has 1 aliphatic rings. The number of fused-ring (bicyclic) bond motifs is 2. The minimum Gasteiger partial charge on any atom is -0.505 e. The van der Waals surface area contributed by atoms with Gasteiger partial charge >= 0.3 is 5.97 Å². The van der Waals surface area contributed by atoms with E-state index in [4.69, 9.17) is 74.3 Å². The molecule has 33 heavy (non-hydrogen) atoms. The number of hydrogen-bond acceptors (Lipinski definition) is 4. The molecule has 0 aromatic heterocycles. The fourth-order valence-corrected chi connectivity index (χ4v) is 6.72. The number of benzene rings is 3. The number of carboxylic acids is 1. The van der Waals surface area contributed by atoms with Crippen LogP contribution in [0.4, 0.5) is 0 Å². The number of rotatable bonds is 2. The summed E-state index contributed by atoms with van der Waals surface area (Å²) in [4.78, 5) is 12.3. The first-order valence-corrected chi connectivity index (χ1v) is 13.0. The van der Waals surface area contributed by atoms with Gasteiger partial charge in [-0.05, 0) is 57.3 Å². The van der Waals surface area contributed by atoms with Crippen LogP contribution in [0.15, 0.2) is 12.1 Å². The molecule has 4 rings (SSSR count).